The number of hydrogen-bond donors (Lipinski definition) is 1. The molecule has 0 fully saturated rings. The fraction of sp³-hybridized carbons (Fsp3) is 0.368. The van der Waals surface area contributed by atoms with Crippen LogP contribution in [-0.4, -0.2) is 12.6 Å². The van der Waals surface area contributed by atoms with Crippen LogP contribution in [0.5, 0.6) is 5.75 Å². The van der Waals surface area contributed by atoms with E-state index in [2.05, 4.69) is 68.6 Å². The van der Waals surface area contributed by atoms with Gasteiger partial charge in [0.2, 0.25) is 0 Å². The van der Waals surface area contributed by atoms with Crippen molar-refractivity contribution in [3.63, 3.8) is 0 Å². The van der Waals surface area contributed by atoms with E-state index in [1.807, 2.05) is 0 Å². The Labute approximate surface area is 127 Å². The summed E-state index contributed by atoms with van der Waals surface area (Å²) in [4.78, 5) is 0. The highest BCUT2D eigenvalue weighted by Crippen LogP contribution is 2.35. The molecule has 2 nitrogen and oxygen atoms in total. The first-order valence-corrected chi connectivity index (χ1v) is 7.81. The van der Waals surface area contributed by atoms with Crippen LogP contribution in [0.4, 0.5) is 0 Å². The standard InChI is InChI=1S/C19H23NO/c1-4-20-14(3)17-7-5-6-8-18(17)15-9-10-19-16(12-15)11-13(2)21-19/h5-10,12-14,20H,4,11H2,1-3H3. The average molecular weight is 281 g/mol. The summed E-state index contributed by atoms with van der Waals surface area (Å²) >= 11 is 0. The van der Waals surface area contributed by atoms with Gasteiger partial charge in [0, 0.05) is 12.5 Å². The Morgan fingerprint density at radius 1 is 1.24 bits per heavy atom. The first-order valence-electron chi connectivity index (χ1n) is 7.81. The normalized spacial score (nSPS) is 18.1. The monoisotopic (exact) mass is 281 g/mol. The van der Waals surface area contributed by atoms with E-state index >= 15 is 0 Å². The maximum Gasteiger partial charge on any atom is 0.123 e. The number of nitrogens with one attached hydrogen (secondary N) is 1. The molecule has 0 amide bonds. The lowest BCUT2D eigenvalue weighted by Gasteiger charge is -2.17. The summed E-state index contributed by atoms with van der Waals surface area (Å²) in [7, 11) is 0. The maximum absolute atomic E-state index is 5.80. The van der Waals surface area contributed by atoms with E-state index in [4.69, 9.17) is 4.74 Å². The van der Waals surface area contributed by atoms with Gasteiger partial charge in [-0.1, -0.05) is 37.3 Å². The highest BCUT2D eigenvalue weighted by atomic mass is 16.5. The van der Waals surface area contributed by atoms with Gasteiger partial charge in [0.05, 0.1) is 0 Å². The van der Waals surface area contributed by atoms with Crippen LogP contribution in [0.25, 0.3) is 11.1 Å². The number of fused-ring (bicyclic) bond motifs is 1. The fourth-order valence-electron chi connectivity index (χ4n) is 3.14. The fourth-order valence-corrected chi connectivity index (χ4v) is 3.14. The molecule has 0 saturated heterocycles. The van der Waals surface area contributed by atoms with Gasteiger partial charge >= 0.3 is 0 Å². The highest BCUT2D eigenvalue weighted by Gasteiger charge is 2.20. The Bertz CT molecular complexity index is 635. The van der Waals surface area contributed by atoms with E-state index in [1.54, 1.807) is 0 Å². The van der Waals surface area contributed by atoms with E-state index in [9.17, 15) is 0 Å². The van der Waals surface area contributed by atoms with Gasteiger partial charge in [-0.05, 0) is 54.8 Å². The maximum atomic E-state index is 5.80. The largest absolute Gasteiger partial charge is 0.490 e. The zero-order chi connectivity index (χ0) is 14.8. The van der Waals surface area contributed by atoms with Crippen LogP contribution in [0.1, 0.15) is 37.9 Å². The van der Waals surface area contributed by atoms with Crippen LogP contribution < -0.4 is 10.1 Å². The van der Waals surface area contributed by atoms with Gasteiger partial charge < -0.3 is 10.1 Å². The SMILES string of the molecule is CCNC(C)c1ccccc1-c1ccc2c(c1)CC(C)O2. The van der Waals surface area contributed by atoms with Crippen LogP contribution in [0.15, 0.2) is 42.5 Å². The molecule has 1 N–H and O–H groups in total. The molecule has 2 unspecified atom stereocenters. The topological polar surface area (TPSA) is 21.3 Å². The lowest BCUT2D eigenvalue weighted by molar-refractivity contribution is 0.254. The van der Waals surface area contributed by atoms with Gasteiger partial charge in [0.1, 0.15) is 11.9 Å². The van der Waals surface area contributed by atoms with Crippen molar-refractivity contribution in [2.75, 3.05) is 6.54 Å². The van der Waals surface area contributed by atoms with Gasteiger partial charge in [-0.2, -0.15) is 0 Å². The molecule has 2 aromatic rings. The van der Waals surface area contributed by atoms with E-state index < -0.39 is 0 Å². The second kappa shape index (κ2) is 5.90. The molecule has 0 bridgehead atoms. The summed E-state index contributed by atoms with van der Waals surface area (Å²) in [6.45, 7) is 7.47. The number of ether oxygens (including phenoxy) is 1. The zero-order valence-electron chi connectivity index (χ0n) is 13.0. The Morgan fingerprint density at radius 3 is 2.86 bits per heavy atom. The molecule has 1 heterocycles. The quantitative estimate of drug-likeness (QED) is 0.899. The van der Waals surface area contributed by atoms with Crippen molar-refractivity contribution >= 4 is 0 Å². The van der Waals surface area contributed by atoms with Crippen molar-refractivity contribution in [1.29, 1.82) is 0 Å². The number of benzene rings is 2. The van der Waals surface area contributed by atoms with E-state index in [0.717, 1.165) is 18.7 Å². The van der Waals surface area contributed by atoms with Crippen molar-refractivity contribution in [2.45, 2.75) is 39.3 Å². The highest BCUT2D eigenvalue weighted by molar-refractivity contribution is 5.70. The molecule has 3 rings (SSSR count). The minimum atomic E-state index is 0.297. The molecular weight excluding hydrogens is 258 g/mol. The van der Waals surface area contributed by atoms with E-state index in [1.165, 1.54) is 22.3 Å². The predicted molar refractivity (Wildman–Crippen MR) is 87.8 cm³/mol. The summed E-state index contributed by atoms with van der Waals surface area (Å²) in [5.74, 6) is 1.04. The van der Waals surface area contributed by atoms with Crippen LogP contribution in [-0.2, 0) is 6.42 Å². The molecule has 2 aromatic carbocycles. The third-order valence-corrected chi connectivity index (χ3v) is 4.14. The number of rotatable bonds is 4. The molecular formula is C19H23NO. The number of hydrogen-bond acceptors (Lipinski definition) is 2. The zero-order valence-corrected chi connectivity index (χ0v) is 13.0. The van der Waals surface area contributed by atoms with Crippen LogP contribution in [0, 0.1) is 0 Å². The molecule has 0 radical (unpaired) electrons. The van der Waals surface area contributed by atoms with E-state index in [-0.39, 0.29) is 0 Å². The van der Waals surface area contributed by atoms with Gasteiger partial charge in [0.15, 0.2) is 0 Å². The lowest BCUT2D eigenvalue weighted by Crippen LogP contribution is -2.18. The molecule has 110 valence electrons. The summed E-state index contributed by atoms with van der Waals surface area (Å²) in [6.07, 6.45) is 1.31. The minimum Gasteiger partial charge on any atom is -0.490 e. The molecule has 0 aromatic heterocycles. The Hall–Kier alpha value is -1.80. The van der Waals surface area contributed by atoms with E-state index in [0.29, 0.717) is 12.1 Å². The van der Waals surface area contributed by atoms with Crippen LogP contribution in [0.2, 0.25) is 0 Å². The molecule has 1 aliphatic rings. The van der Waals surface area contributed by atoms with Gasteiger partial charge in [0.25, 0.3) is 0 Å². The third-order valence-electron chi connectivity index (χ3n) is 4.14. The van der Waals surface area contributed by atoms with Crippen molar-refractivity contribution in [3.05, 3.63) is 53.6 Å². The van der Waals surface area contributed by atoms with Crippen molar-refractivity contribution < 1.29 is 4.74 Å². The average Bonchev–Trinajstić information content (AvgIpc) is 2.86. The second-order valence-electron chi connectivity index (χ2n) is 5.82. The predicted octanol–water partition coefficient (Wildman–Crippen LogP) is 4.35. The second-order valence-corrected chi connectivity index (χ2v) is 5.82. The van der Waals surface area contributed by atoms with Crippen molar-refractivity contribution in [3.8, 4) is 16.9 Å². The molecule has 21 heavy (non-hydrogen) atoms. The Morgan fingerprint density at radius 2 is 2.05 bits per heavy atom. The van der Waals surface area contributed by atoms with Crippen molar-refractivity contribution in [2.24, 2.45) is 0 Å². The lowest BCUT2D eigenvalue weighted by atomic mass is 9.94. The first kappa shape index (κ1) is 14.2. The van der Waals surface area contributed by atoms with Gasteiger partial charge in [-0.3, -0.25) is 0 Å². The third kappa shape index (κ3) is 2.81. The Balaban J connectivity index is 2.00. The molecule has 2 atom stereocenters. The van der Waals surface area contributed by atoms with Crippen LogP contribution in [0.3, 0.4) is 0 Å². The van der Waals surface area contributed by atoms with Gasteiger partial charge in [-0.15, -0.1) is 0 Å². The van der Waals surface area contributed by atoms with Crippen molar-refractivity contribution in [1.82, 2.24) is 5.32 Å². The summed E-state index contributed by atoms with van der Waals surface area (Å²) < 4.78 is 5.80. The summed E-state index contributed by atoms with van der Waals surface area (Å²) in [5.41, 5.74) is 5.28. The summed E-state index contributed by atoms with van der Waals surface area (Å²) in [6, 6.07) is 15.6. The first-order chi connectivity index (χ1) is 10.2. The molecule has 0 spiro atoms. The molecule has 1 aliphatic heterocycles. The minimum absolute atomic E-state index is 0.297. The molecule has 0 saturated carbocycles. The summed E-state index contributed by atoms with van der Waals surface area (Å²) in [5, 5.41) is 3.51. The smallest absolute Gasteiger partial charge is 0.123 e. The molecule has 2 heteroatoms. The van der Waals surface area contributed by atoms with Crippen LogP contribution >= 0.6 is 0 Å². The molecule has 0 aliphatic carbocycles. The Kier molecular flexibility index (Phi) is 3.98. The van der Waals surface area contributed by atoms with Gasteiger partial charge in [-0.25, -0.2) is 0 Å².